The molecule has 1 N–H and O–H groups in total. The van der Waals surface area contributed by atoms with Crippen LogP contribution in [0.1, 0.15) is 72.3 Å². The van der Waals surface area contributed by atoms with Gasteiger partial charge in [-0.3, -0.25) is 4.79 Å². The number of ether oxygens (including phenoxy) is 1. The van der Waals surface area contributed by atoms with E-state index in [0.717, 1.165) is 24.8 Å². The molecule has 0 spiro atoms. The molecule has 2 aliphatic rings. The number of β-amino-alcohol motifs (C(OH)–C–C–N with tert-alkyl or cyclic N) is 1. The summed E-state index contributed by atoms with van der Waals surface area (Å²) in [6, 6.07) is 13.0. The van der Waals surface area contributed by atoms with Crippen molar-refractivity contribution < 1.29 is 19.0 Å². The standard InChI is InChI=1S/C26H32FNO3/c1-17(22-13-23(27)15-25(14-22)31-2)11-18-3-4-21(12-18)19-5-7-20(8-6-19)26(30)28-10-9-24(29)16-28/h5-8,13-15,17-18,21,24,29H,3-4,9-12,16H2,1-2H3/t17-,18+,21+,24-/m0/s1. The van der Waals surface area contributed by atoms with Gasteiger partial charge in [-0.1, -0.05) is 19.1 Å². The topological polar surface area (TPSA) is 49.8 Å². The Labute approximate surface area is 184 Å². The van der Waals surface area contributed by atoms with Gasteiger partial charge in [-0.15, -0.1) is 0 Å². The van der Waals surface area contributed by atoms with Gasteiger partial charge in [0.2, 0.25) is 0 Å². The van der Waals surface area contributed by atoms with Crippen LogP contribution in [0.3, 0.4) is 0 Å². The molecule has 166 valence electrons. The van der Waals surface area contributed by atoms with Crippen molar-refractivity contribution in [3.8, 4) is 5.75 Å². The number of halogens is 1. The first kappa shape index (κ1) is 21.8. The SMILES string of the molecule is COc1cc(F)cc([C@@H](C)C[C@H]2CC[C@@H](c3ccc(C(=O)N4CC[C@H](O)C4)cc3)C2)c1. The second kappa shape index (κ2) is 9.39. The van der Waals surface area contributed by atoms with Crippen LogP contribution in [0.25, 0.3) is 0 Å². The number of aliphatic hydroxyl groups is 1. The Balaban J connectivity index is 1.34. The van der Waals surface area contributed by atoms with E-state index in [1.807, 2.05) is 18.2 Å². The fourth-order valence-corrected chi connectivity index (χ4v) is 5.22. The summed E-state index contributed by atoms with van der Waals surface area (Å²) < 4.78 is 19.1. The molecule has 0 unspecified atom stereocenters. The predicted octanol–water partition coefficient (Wildman–Crippen LogP) is 5.12. The normalized spacial score (nSPS) is 24.4. The van der Waals surface area contributed by atoms with E-state index in [1.165, 1.54) is 18.1 Å². The van der Waals surface area contributed by atoms with Crippen molar-refractivity contribution in [3.05, 3.63) is 65.0 Å². The van der Waals surface area contributed by atoms with Gasteiger partial charge in [0.25, 0.3) is 5.91 Å². The Hall–Kier alpha value is -2.40. The summed E-state index contributed by atoms with van der Waals surface area (Å²) >= 11 is 0. The highest BCUT2D eigenvalue weighted by molar-refractivity contribution is 5.94. The average molecular weight is 426 g/mol. The summed E-state index contributed by atoms with van der Waals surface area (Å²) in [5.74, 6) is 1.74. The lowest BCUT2D eigenvalue weighted by Crippen LogP contribution is -2.29. The zero-order valence-electron chi connectivity index (χ0n) is 18.4. The zero-order chi connectivity index (χ0) is 22.0. The maximum atomic E-state index is 13.9. The molecule has 2 fully saturated rings. The minimum Gasteiger partial charge on any atom is -0.497 e. The van der Waals surface area contributed by atoms with E-state index in [9.17, 15) is 14.3 Å². The van der Waals surface area contributed by atoms with E-state index in [-0.39, 0.29) is 17.6 Å². The molecule has 2 aromatic rings. The van der Waals surface area contributed by atoms with Crippen molar-refractivity contribution in [3.63, 3.8) is 0 Å². The summed E-state index contributed by atoms with van der Waals surface area (Å²) in [5.41, 5.74) is 2.98. The Kier molecular flexibility index (Phi) is 6.61. The van der Waals surface area contributed by atoms with E-state index < -0.39 is 6.10 Å². The first-order chi connectivity index (χ1) is 14.9. The fourth-order valence-electron chi connectivity index (χ4n) is 5.22. The third kappa shape index (κ3) is 5.09. The molecule has 1 amide bonds. The van der Waals surface area contributed by atoms with Crippen molar-refractivity contribution in [1.82, 2.24) is 4.90 Å². The first-order valence-electron chi connectivity index (χ1n) is 11.3. The van der Waals surface area contributed by atoms with Crippen molar-refractivity contribution >= 4 is 5.91 Å². The highest BCUT2D eigenvalue weighted by atomic mass is 19.1. The lowest BCUT2D eigenvalue weighted by atomic mass is 9.88. The van der Waals surface area contributed by atoms with Gasteiger partial charge in [-0.05, 0) is 85.3 Å². The molecule has 1 heterocycles. The molecule has 31 heavy (non-hydrogen) atoms. The van der Waals surface area contributed by atoms with Crippen LogP contribution in [0, 0.1) is 11.7 Å². The van der Waals surface area contributed by atoms with E-state index in [0.29, 0.717) is 42.7 Å². The third-order valence-electron chi connectivity index (χ3n) is 7.01. The number of benzene rings is 2. The van der Waals surface area contributed by atoms with Crippen molar-refractivity contribution in [2.75, 3.05) is 20.2 Å². The smallest absolute Gasteiger partial charge is 0.253 e. The van der Waals surface area contributed by atoms with Gasteiger partial charge in [0.1, 0.15) is 11.6 Å². The van der Waals surface area contributed by atoms with Gasteiger partial charge in [0.05, 0.1) is 13.2 Å². The van der Waals surface area contributed by atoms with Gasteiger partial charge in [0.15, 0.2) is 0 Å². The number of carbonyl (C=O) groups excluding carboxylic acids is 1. The molecule has 4 atom stereocenters. The first-order valence-corrected chi connectivity index (χ1v) is 11.3. The molecular weight excluding hydrogens is 393 g/mol. The summed E-state index contributed by atoms with van der Waals surface area (Å²) in [4.78, 5) is 14.3. The van der Waals surface area contributed by atoms with Crippen molar-refractivity contribution in [2.45, 2.75) is 57.0 Å². The highest BCUT2D eigenvalue weighted by Crippen LogP contribution is 2.42. The highest BCUT2D eigenvalue weighted by Gasteiger charge is 2.29. The molecule has 0 bridgehead atoms. The van der Waals surface area contributed by atoms with Crippen molar-refractivity contribution in [2.24, 2.45) is 5.92 Å². The lowest BCUT2D eigenvalue weighted by molar-refractivity contribution is 0.0765. The minimum absolute atomic E-state index is 0.00625. The molecule has 5 heteroatoms. The average Bonchev–Trinajstić information content (AvgIpc) is 3.42. The molecular formula is C26H32FNO3. The number of rotatable bonds is 6. The Bertz CT molecular complexity index is 913. The van der Waals surface area contributed by atoms with Crippen molar-refractivity contribution in [1.29, 1.82) is 0 Å². The lowest BCUT2D eigenvalue weighted by Gasteiger charge is -2.19. The quantitative estimate of drug-likeness (QED) is 0.699. The Morgan fingerprint density at radius 2 is 1.97 bits per heavy atom. The summed E-state index contributed by atoms with van der Waals surface area (Å²) in [6.07, 6.45) is 4.76. The number of amides is 1. The van der Waals surface area contributed by atoms with Crippen LogP contribution < -0.4 is 4.74 Å². The summed E-state index contributed by atoms with van der Waals surface area (Å²) in [5, 5.41) is 9.66. The molecule has 0 aromatic heterocycles. The van der Waals surface area contributed by atoms with E-state index >= 15 is 0 Å². The fraction of sp³-hybridized carbons (Fsp3) is 0.500. The van der Waals surface area contributed by atoms with Crippen LogP contribution in [0.15, 0.2) is 42.5 Å². The van der Waals surface area contributed by atoms with E-state index in [1.54, 1.807) is 18.1 Å². The van der Waals surface area contributed by atoms with Crippen LogP contribution in [-0.2, 0) is 0 Å². The maximum absolute atomic E-state index is 13.9. The molecule has 4 rings (SSSR count). The molecule has 1 saturated carbocycles. The number of aliphatic hydroxyl groups excluding tert-OH is 1. The molecule has 1 saturated heterocycles. The largest absolute Gasteiger partial charge is 0.497 e. The van der Waals surface area contributed by atoms with Gasteiger partial charge in [-0.25, -0.2) is 4.39 Å². The molecule has 2 aromatic carbocycles. The molecule has 1 aliphatic heterocycles. The Morgan fingerprint density at radius 1 is 1.19 bits per heavy atom. The number of carbonyl (C=O) groups is 1. The van der Waals surface area contributed by atoms with E-state index in [4.69, 9.17) is 4.74 Å². The number of hydrogen-bond donors (Lipinski definition) is 1. The van der Waals surface area contributed by atoms with Gasteiger partial charge < -0.3 is 14.7 Å². The minimum atomic E-state index is -0.394. The number of likely N-dealkylation sites (tertiary alicyclic amines) is 1. The van der Waals surface area contributed by atoms with Crippen LogP contribution in [-0.4, -0.2) is 42.2 Å². The van der Waals surface area contributed by atoms with Crippen LogP contribution >= 0.6 is 0 Å². The third-order valence-corrected chi connectivity index (χ3v) is 7.01. The molecule has 0 radical (unpaired) electrons. The number of nitrogens with zero attached hydrogens (tertiary/aromatic N) is 1. The van der Waals surface area contributed by atoms with Crippen LogP contribution in [0.2, 0.25) is 0 Å². The van der Waals surface area contributed by atoms with Gasteiger partial charge in [0, 0.05) is 24.7 Å². The van der Waals surface area contributed by atoms with E-state index in [2.05, 4.69) is 19.1 Å². The number of hydrogen-bond acceptors (Lipinski definition) is 3. The zero-order valence-corrected chi connectivity index (χ0v) is 18.4. The summed E-state index contributed by atoms with van der Waals surface area (Å²) in [7, 11) is 1.57. The van der Waals surface area contributed by atoms with Crippen LogP contribution in [0.5, 0.6) is 5.75 Å². The monoisotopic (exact) mass is 425 g/mol. The maximum Gasteiger partial charge on any atom is 0.253 e. The number of methoxy groups -OCH3 is 1. The Morgan fingerprint density at radius 3 is 2.65 bits per heavy atom. The second-order valence-corrected chi connectivity index (χ2v) is 9.25. The molecule has 4 nitrogen and oxygen atoms in total. The summed E-state index contributed by atoms with van der Waals surface area (Å²) in [6.45, 7) is 3.22. The predicted molar refractivity (Wildman–Crippen MR) is 119 cm³/mol. The van der Waals surface area contributed by atoms with Crippen LogP contribution in [0.4, 0.5) is 4.39 Å². The molecule has 1 aliphatic carbocycles. The second-order valence-electron chi connectivity index (χ2n) is 9.25. The van der Waals surface area contributed by atoms with Gasteiger partial charge >= 0.3 is 0 Å². The van der Waals surface area contributed by atoms with Gasteiger partial charge in [-0.2, -0.15) is 0 Å².